The van der Waals surface area contributed by atoms with Crippen LogP contribution in [0.5, 0.6) is 0 Å². The molecule has 1 aliphatic rings. The van der Waals surface area contributed by atoms with Crippen LogP contribution < -0.4 is 5.32 Å². The second-order valence-corrected chi connectivity index (χ2v) is 5.80. The van der Waals surface area contributed by atoms with E-state index >= 15 is 0 Å². The molecule has 1 saturated heterocycles. The summed E-state index contributed by atoms with van der Waals surface area (Å²) >= 11 is 1.72. The summed E-state index contributed by atoms with van der Waals surface area (Å²) < 4.78 is 5.87. The minimum absolute atomic E-state index is 0.169. The molecule has 3 nitrogen and oxygen atoms in total. The highest BCUT2D eigenvalue weighted by atomic mass is 32.1. The Balaban J connectivity index is 1.64. The zero-order valence-electron chi connectivity index (χ0n) is 11.0. The van der Waals surface area contributed by atoms with Crippen LogP contribution in [-0.2, 0) is 11.3 Å². The molecule has 0 spiro atoms. The fourth-order valence-electron chi connectivity index (χ4n) is 2.47. The predicted molar refractivity (Wildman–Crippen MR) is 77.2 cm³/mol. The highest BCUT2D eigenvalue weighted by Gasteiger charge is 2.29. The molecule has 1 fully saturated rings. The molecule has 0 saturated carbocycles. The van der Waals surface area contributed by atoms with Crippen molar-refractivity contribution in [3.63, 3.8) is 0 Å². The minimum Gasteiger partial charge on any atom is -0.372 e. The lowest BCUT2D eigenvalue weighted by atomic mass is 10.0. The lowest BCUT2D eigenvalue weighted by molar-refractivity contribution is 0.0985. The maximum Gasteiger partial charge on any atom is 0.107 e. The van der Waals surface area contributed by atoms with Gasteiger partial charge in [0.25, 0.3) is 0 Å². The van der Waals surface area contributed by atoms with Crippen molar-refractivity contribution in [2.45, 2.75) is 32.0 Å². The van der Waals surface area contributed by atoms with Crippen LogP contribution in [0.4, 0.5) is 0 Å². The van der Waals surface area contributed by atoms with Gasteiger partial charge in [-0.1, -0.05) is 30.3 Å². The van der Waals surface area contributed by atoms with Gasteiger partial charge in [-0.05, 0) is 18.9 Å². The Morgan fingerprint density at radius 3 is 2.95 bits per heavy atom. The molecule has 2 atom stereocenters. The molecule has 2 heterocycles. The fourth-order valence-corrected chi connectivity index (χ4v) is 3.19. The van der Waals surface area contributed by atoms with E-state index in [1.807, 2.05) is 13.0 Å². The van der Waals surface area contributed by atoms with E-state index in [2.05, 4.69) is 39.9 Å². The van der Waals surface area contributed by atoms with Gasteiger partial charge in [0.1, 0.15) is 5.01 Å². The van der Waals surface area contributed by atoms with E-state index in [9.17, 15) is 0 Å². The maximum atomic E-state index is 5.87. The van der Waals surface area contributed by atoms with E-state index in [0.717, 1.165) is 30.3 Å². The number of thiazole rings is 1. The quantitative estimate of drug-likeness (QED) is 0.930. The van der Waals surface area contributed by atoms with Crippen LogP contribution in [0.1, 0.15) is 28.8 Å². The normalized spacial score (nSPS) is 22.8. The van der Waals surface area contributed by atoms with Crippen molar-refractivity contribution in [3.05, 3.63) is 52.0 Å². The fraction of sp³-hybridized carbons (Fsp3) is 0.400. The van der Waals surface area contributed by atoms with E-state index in [1.165, 1.54) is 5.56 Å². The Morgan fingerprint density at radius 1 is 1.37 bits per heavy atom. The van der Waals surface area contributed by atoms with E-state index < -0.39 is 0 Å². The maximum absolute atomic E-state index is 5.87. The summed E-state index contributed by atoms with van der Waals surface area (Å²) in [6.07, 6.45) is 1.23. The number of hydrogen-bond donors (Lipinski definition) is 1. The molecule has 0 radical (unpaired) electrons. The van der Waals surface area contributed by atoms with Gasteiger partial charge in [-0.15, -0.1) is 11.3 Å². The molecule has 100 valence electrons. The van der Waals surface area contributed by atoms with Crippen molar-refractivity contribution in [1.29, 1.82) is 0 Å². The van der Waals surface area contributed by atoms with Gasteiger partial charge in [0.05, 0.1) is 6.10 Å². The summed E-state index contributed by atoms with van der Waals surface area (Å²) in [4.78, 5) is 4.48. The van der Waals surface area contributed by atoms with Crippen LogP contribution in [0.3, 0.4) is 0 Å². The summed E-state index contributed by atoms with van der Waals surface area (Å²) in [5.74, 6) is 0. The van der Waals surface area contributed by atoms with Crippen LogP contribution in [0, 0.1) is 6.92 Å². The number of nitrogens with one attached hydrogen (secondary N) is 1. The highest BCUT2D eigenvalue weighted by Crippen LogP contribution is 2.29. The molecule has 4 heteroatoms. The molecular formula is C15H18N2OS. The van der Waals surface area contributed by atoms with E-state index in [4.69, 9.17) is 4.74 Å². The van der Waals surface area contributed by atoms with Gasteiger partial charge in [-0.25, -0.2) is 4.98 Å². The molecule has 0 bridgehead atoms. The second-order valence-electron chi connectivity index (χ2n) is 4.86. The molecule has 1 N–H and O–H groups in total. The second kappa shape index (κ2) is 5.82. The van der Waals surface area contributed by atoms with Gasteiger partial charge in [0.15, 0.2) is 0 Å². The third-order valence-corrected chi connectivity index (χ3v) is 4.37. The first-order valence-electron chi connectivity index (χ1n) is 6.64. The third-order valence-electron chi connectivity index (χ3n) is 3.40. The van der Waals surface area contributed by atoms with Gasteiger partial charge < -0.3 is 10.1 Å². The first kappa shape index (κ1) is 12.8. The number of benzene rings is 1. The van der Waals surface area contributed by atoms with Gasteiger partial charge in [0.2, 0.25) is 0 Å². The number of aromatic nitrogens is 1. The average Bonchev–Trinajstić information content (AvgIpc) is 3.06. The summed E-state index contributed by atoms with van der Waals surface area (Å²) in [5, 5.41) is 6.83. The van der Waals surface area contributed by atoms with E-state index in [1.54, 1.807) is 11.3 Å². The van der Waals surface area contributed by atoms with Crippen LogP contribution in [0.25, 0.3) is 0 Å². The molecule has 3 rings (SSSR count). The number of ether oxygens (including phenoxy) is 1. The topological polar surface area (TPSA) is 34.1 Å². The van der Waals surface area contributed by atoms with Crippen molar-refractivity contribution in [2.24, 2.45) is 0 Å². The van der Waals surface area contributed by atoms with Crippen molar-refractivity contribution >= 4 is 11.3 Å². The Labute approximate surface area is 117 Å². The first-order valence-corrected chi connectivity index (χ1v) is 7.52. The zero-order chi connectivity index (χ0) is 13.1. The summed E-state index contributed by atoms with van der Waals surface area (Å²) in [7, 11) is 0. The summed E-state index contributed by atoms with van der Waals surface area (Å²) in [6.45, 7) is 3.69. The van der Waals surface area contributed by atoms with E-state index in [0.29, 0.717) is 6.04 Å². The smallest absolute Gasteiger partial charge is 0.107 e. The summed E-state index contributed by atoms with van der Waals surface area (Å²) in [5.41, 5.74) is 2.36. The number of rotatable bonds is 4. The van der Waals surface area contributed by atoms with Crippen molar-refractivity contribution < 1.29 is 4.74 Å². The van der Waals surface area contributed by atoms with Gasteiger partial charge in [0, 0.05) is 30.3 Å². The molecule has 1 aliphatic heterocycles. The number of nitrogens with zero attached hydrogens (tertiary/aromatic N) is 1. The number of hydrogen-bond acceptors (Lipinski definition) is 4. The third kappa shape index (κ3) is 3.03. The molecule has 1 aromatic carbocycles. The lowest BCUT2D eigenvalue weighted by Crippen LogP contribution is -2.31. The SMILES string of the molecule is Cc1csc(CN[C@@H]2CCO[C@H]2c2ccccc2)n1. The zero-order valence-corrected chi connectivity index (χ0v) is 11.8. The standard InChI is InChI=1S/C15H18N2OS/c1-11-10-19-14(17-11)9-16-13-7-8-18-15(13)12-5-3-2-4-6-12/h2-6,10,13,15-16H,7-9H2,1H3/t13-,15+/m1/s1. The van der Waals surface area contributed by atoms with Crippen LogP contribution in [0.15, 0.2) is 35.7 Å². The molecule has 0 amide bonds. The Kier molecular flexibility index (Phi) is 3.92. The Morgan fingerprint density at radius 2 is 2.21 bits per heavy atom. The molecule has 1 aromatic heterocycles. The Bertz CT molecular complexity index is 526. The molecule has 0 aliphatic carbocycles. The van der Waals surface area contributed by atoms with Gasteiger partial charge in [-0.2, -0.15) is 0 Å². The van der Waals surface area contributed by atoms with E-state index in [-0.39, 0.29) is 6.10 Å². The average molecular weight is 274 g/mol. The Hall–Kier alpha value is -1.23. The monoisotopic (exact) mass is 274 g/mol. The van der Waals surface area contributed by atoms with Crippen LogP contribution >= 0.6 is 11.3 Å². The molecular weight excluding hydrogens is 256 g/mol. The predicted octanol–water partition coefficient (Wildman–Crippen LogP) is 3.07. The first-order chi connectivity index (χ1) is 9.33. The van der Waals surface area contributed by atoms with Gasteiger partial charge in [-0.3, -0.25) is 0 Å². The largest absolute Gasteiger partial charge is 0.372 e. The minimum atomic E-state index is 0.169. The van der Waals surface area contributed by atoms with Crippen LogP contribution in [-0.4, -0.2) is 17.6 Å². The van der Waals surface area contributed by atoms with Crippen LogP contribution in [0.2, 0.25) is 0 Å². The van der Waals surface area contributed by atoms with Crippen molar-refractivity contribution in [2.75, 3.05) is 6.61 Å². The number of aryl methyl sites for hydroxylation is 1. The highest BCUT2D eigenvalue weighted by molar-refractivity contribution is 7.09. The summed E-state index contributed by atoms with van der Waals surface area (Å²) in [6, 6.07) is 10.8. The van der Waals surface area contributed by atoms with Crippen molar-refractivity contribution in [3.8, 4) is 0 Å². The molecule has 19 heavy (non-hydrogen) atoms. The van der Waals surface area contributed by atoms with Crippen molar-refractivity contribution in [1.82, 2.24) is 10.3 Å². The molecule has 2 aromatic rings. The molecule has 0 unspecified atom stereocenters. The van der Waals surface area contributed by atoms with Gasteiger partial charge >= 0.3 is 0 Å². The lowest BCUT2D eigenvalue weighted by Gasteiger charge is -2.19.